The van der Waals surface area contributed by atoms with Crippen molar-refractivity contribution in [2.45, 2.75) is 13.0 Å². The van der Waals surface area contributed by atoms with Crippen molar-refractivity contribution in [2.24, 2.45) is 0 Å². The summed E-state index contributed by atoms with van der Waals surface area (Å²) in [5.41, 5.74) is 4.16. The molecular weight excluding hydrogens is 446 g/mol. The SMILES string of the molecule is N#Cc1ccccc1-c1ccc(C(=O)NCc2cccnc2)c(NCCc2ccccc2Cl)n1. The highest BCUT2D eigenvalue weighted by molar-refractivity contribution is 6.31. The Kier molecular flexibility index (Phi) is 7.49. The number of anilines is 1. The molecule has 4 rings (SSSR count). The van der Waals surface area contributed by atoms with E-state index in [2.05, 4.69) is 21.7 Å². The Morgan fingerprint density at radius 2 is 1.82 bits per heavy atom. The Bertz CT molecular complexity index is 1330. The zero-order valence-electron chi connectivity index (χ0n) is 18.3. The summed E-state index contributed by atoms with van der Waals surface area (Å²) in [7, 11) is 0. The number of carbonyl (C=O) groups is 1. The summed E-state index contributed by atoms with van der Waals surface area (Å²) in [5.74, 6) is 0.192. The highest BCUT2D eigenvalue weighted by Crippen LogP contribution is 2.25. The van der Waals surface area contributed by atoms with Crippen molar-refractivity contribution in [3.05, 3.63) is 112 Å². The van der Waals surface area contributed by atoms with E-state index in [0.717, 1.165) is 11.1 Å². The lowest BCUT2D eigenvalue weighted by Gasteiger charge is -2.14. The van der Waals surface area contributed by atoms with Crippen LogP contribution in [0.2, 0.25) is 5.02 Å². The summed E-state index contributed by atoms with van der Waals surface area (Å²) in [4.78, 5) is 21.8. The number of hydrogen-bond acceptors (Lipinski definition) is 5. The van der Waals surface area contributed by atoms with Gasteiger partial charge in [-0.2, -0.15) is 5.26 Å². The Morgan fingerprint density at radius 1 is 1.00 bits per heavy atom. The number of nitrogens with zero attached hydrogens (tertiary/aromatic N) is 3. The average Bonchev–Trinajstić information content (AvgIpc) is 2.89. The van der Waals surface area contributed by atoms with Gasteiger partial charge in [-0.1, -0.05) is 54.1 Å². The zero-order valence-corrected chi connectivity index (χ0v) is 19.1. The first-order valence-corrected chi connectivity index (χ1v) is 11.2. The van der Waals surface area contributed by atoms with E-state index >= 15 is 0 Å². The topological polar surface area (TPSA) is 90.7 Å². The Labute approximate surface area is 203 Å². The fourth-order valence-corrected chi connectivity index (χ4v) is 3.76. The van der Waals surface area contributed by atoms with Gasteiger partial charge in [-0.25, -0.2) is 4.98 Å². The molecule has 0 radical (unpaired) electrons. The van der Waals surface area contributed by atoms with E-state index in [0.29, 0.717) is 52.7 Å². The third kappa shape index (κ3) is 5.58. The Balaban J connectivity index is 1.59. The summed E-state index contributed by atoms with van der Waals surface area (Å²) in [6.45, 7) is 0.883. The molecule has 0 unspecified atom stereocenters. The summed E-state index contributed by atoms with van der Waals surface area (Å²) in [6.07, 6.45) is 4.06. The quantitative estimate of drug-likeness (QED) is 0.369. The molecule has 4 aromatic rings. The zero-order chi connectivity index (χ0) is 23.8. The third-order valence-corrected chi connectivity index (χ3v) is 5.65. The highest BCUT2D eigenvalue weighted by Gasteiger charge is 2.16. The van der Waals surface area contributed by atoms with Crippen LogP contribution in [-0.4, -0.2) is 22.4 Å². The van der Waals surface area contributed by atoms with Crippen LogP contribution in [-0.2, 0) is 13.0 Å². The lowest BCUT2D eigenvalue weighted by Crippen LogP contribution is -2.25. The molecule has 1 amide bonds. The number of halogens is 1. The minimum Gasteiger partial charge on any atom is -0.369 e. The van der Waals surface area contributed by atoms with Crippen molar-refractivity contribution in [2.75, 3.05) is 11.9 Å². The molecule has 168 valence electrons. The van der Waals surface area contributed by atoms with Crippen LogP contribution >= 0.6 is 11.6 Å². The minimum absolute atomic E-state index is 0.253. The van der Waals surface area contributed by atoms with Crippen LogP contribution in [0.5, 0.6) is 0 Å². The molecule has 0 aliphatic carbocycles. The predicted molar refractivity (Wildman–Crippen MR) is 133 cm³/mol. The van der Waals surface area contributed by atoms with Gasteiger partial charge in [0, 0.05) is 36.1 Å². The van der Waals surface area contributed by atoms with Gasteiger partial charge in [-0.3, -0.25) is 9.78 Å². The number of carbonyl (C=O) groups excluding carboxylic acids is 1. The molecule has 0 saturated carbocycles. The van der Waals surface area contributed by atoms with Gasteiger partial charge in [0.05, 0.1) is 22.9 Å². The van der Waals surface area contributed by atoms with Crippen LogP contribution in [0.25, 0.3) is 11.3 Å². The molecule has 0 saturated heterocycles. The van der Waals surface area contributed by atoms with E-state index in [1.54, 1.807) is 30.6 Å². The average molecular weight is 468 g/mol. The van der Waals surface area contributed by atoms with Crippen LogP contribution < -0.4 is 10.6 Å². The van der Waals surface area contributed by atoms with Crippen molar-refractivity contribution in [3.8, 4) is 17.3 Å². The maximum Gasteiger partial charge on any atom is 0.255 e. The molecule has 7 heteroatoms. The van der Waals surface area contributed by atoms with Gasteiger partial charge in [0.1, 0.15) is 5.82 Å². The fourth-order valence-electron chi connectivity index (χ4n) is 3.53. The van der Waals surface area contributed by atoms with Crippen LogP contribution in [0.4, 0.5) is 5.82 Å². The van der Waals surface area contributed by atoms with Crippen LogP contribution in [0.3, 0.4) is 0 Å². The summed E-state index contributed by atoms with van der Waals surface area (Å²) >= 11 is 6.28. The number of nitrogens with one attached hydrogen (secondary N) is 2. The first-order valence-electron chi connectivity index (χ1n) is 10.8. The fraction of sp³-hybridized carbons (Fsp3) is 0.111. The molecule has 0 fully saturated rings. The van der Waals surface area contributed by atoms with Crippen molar-refractivity contribution in [1.29, 1.82) is 5.26 Å². The molecule has 2 aromatic heterocycles. The third-order valence-electron chi connectivity index (χ3n) is 5.28. The second kappa shape index (κ2) is 11.1. The normalized spacial score (nSPS) is 10.4. The first kappa shape index (κ1) is 23.0. The van der Waals surface area contributed by atoms with Crippen molar-refractivity contribution in [1.82, 2.24) is 15.3 Å². The maximum atomic E-state index is 13.0. The number of benzene rings is 2. The second-order valence-corrected chi connectivity index (χ2v) is 7.97. The molecule has 0 spiro atoms. The minimum atomic E-state index is -0.253. The van der Waals surface area contributed by atoms with Gasteiger partial charge in [-0.05, 0) is 47.9 Å². The Morgan fingerprint density at radius 3 is 2.62 bits per heavy atom. The standard InChI is InChI=1S/C27H22ClN5O/c28-24-10-4-2-7-20(24)13-15-31-26-23(27(34)32-18-19-6-5-14-30-17-19)11-12-25(33-26)22-9-3-1-8-21(22)16-29/h1-12,14,17H,13,15,18H2,(H,31,33)(H,32,34). The summed E-state index contributed by atoms with van der Waals surface area (Å²) < 4.78 is 0. The number of rotatable bonds is 8. The van der Waals surface area contributed by atoms with E-state index in [-0.39, 0.29) is 5.91 Å². The number of aromatic nitrogens is 2. The number of amides is 1. The van der Waals surface area contributed by atoms with Crippen molar-refractivity contribution in [3.63, 3.8) is 0 Å². The molecule has 34 heavy (non-hydrogen) atoms. The van der Waals surface area contributed by atoms with Gasteiger partial charge in [0.25, 0.3) is 5.91 Å². The largest absolute Gasteiger partial charge is 0.369 e. The number of nitriles is 1. The predicted octanol–water partition coefficient (Wildman–Crippen LogP) is 5.25. The Hall–Kier alpha value is -4.21. The van der Waals surface area contributed by atoms with E-state index in [4.69, 9.17) is 16.6 Å². The molecule has 0 aliphatic heterocycles. The van der Waals surface area contributed by atoms with E-state index in [1.165, 1.54) is 0 Å². The molecular formula is C27H22ClN5O. The highest BCUT2D eigenvalue weighted by atomic mass is 35.5. The number of pyridine rings is 2. The second-order valence-electron chi connectivity index (χ2n) is 7.56. The van der Waals surface area contributed by atoms with Gasteiger partial charge in [0.2, 0.25) is 0 Å². The molecule has 6 nitrogen and oxygen atoms in total. The summed E-state index contributed by atoms with van der Waals surface area (Å²) in [6, 6.07) is 24.3. The molecule has 0 bridgehead atoms. The molecule has 2 aromatic carbocycles. The lowest BCUT2D eigenvalue weighted by atomic mass is 10.0. The van der Waals surface area contributed by atoms with Crippen molar-refractivity contribution >= 4 is 23.3 Å². The van der Waals surface area contributed by atoms with E-state index in [9.17, 15) is 10.1 Å². The molecule has 2 heterocycles. The first-order chi connectivity index (χ1) is 16.7. The van der Waals surface area contributed by atoms with E-state index < -0.39 is 0 Å². The molecule has 2 N–H and O–H groups in total. The van der Waals surface area contributed by atoms with Crippen LogP contribution in [0.1, 0.15) is 27.0 Å². The van der Waals surface area contributed by atoms with Crippen LogP contribution in [0, 0.1) is 11.3 Å². The number of hydrogen-bond donors (Lipinski definition) is 2. The lowest BCUT2D eigenvalue weighted by molar-refractivity contribution is 0.0951. The van der Waals surface area contributed by atoms with Gasteiger partial charge in [-0.15, -0.1) is 0 Å². The van der Waals surface area contributed by atoms with Gasteiger partial charge < -0.3 is 10.6 Å². The monoisotopic (exact) mass is 467 g/mol. The maximum absolute atomic E-state index is 13.0. The van der Waals surface area contributed by atoms with E-state index in [1.807, 2.05) is 54.6 Å². The molecule has 0 atom stereocenters. The van der Waals surface area contributed by atoms with Crippen LogP contribution in [0.15, 0.2) is 85.2 Å². The molecule has 0 aliphatic rings. The smallest absolute Gasteiger partial charge is 0.255 e. The van der Waals surface area contributed by atoms with Gasteiger partial charge in [0.15, 0.2) is 0 Å². The van der Waals surface area contributed by atoms with Crippen molar-refractivity contribution < 1.29 is 4.79 Å². The van der Waals surface area contributed by atoms with Gasteiger partial charge >= 0.3 is 0 Å². The summed E-state index contributed by atoms with van der Waals surface area (Å²) in [5, 5.41) is 16.4.